The summed E-state index contributed by atoms with van der Waals surface area (Å²) < 4.78 is 20.9. The Morgan fingerprint density at radius 1 is 1.21 bits per heavy atom. The molecule has 12 heteroatoms. The molecule has 1 unspecified atom stereocenters. The van der Waals surface area contributed by atoms with E-state index < -0.39 is 34.9 Å². The van der Waals surface area contributed by atoms with E-state index in [1.54, 1.807) is 52.1 Å². The van der Waals surface area contributed by atoms with E-state index in [9.17, 15) is 18.8 Å². The third kappa shape index (κ3) is 6.20. The number of nitrogens with one attached hydrogen (secondary N) is 2. The van der Waals surface area contributed by atoms with Crippen molar-refractivity contribution in [3.8, 4) is 11.9 Å². The largest absolute Gasteiger partial charge is 0.444 e. The number of likely N-dealkylation sites (tertiary alicyclic amines) is 1. The molecule has 4 rings (SSSR count). The number of nitrogens with zero attached hydrogens (tertiary/aromatic N) is 5. The Balaban J connectivity index is 1.50. The molecule has 0 radical (unpaired) electrons. The predicted molar refractivity (Wildman–Crippen MR) is 138 cm³/mol. The molecule has 1 aliphatic heterocycles. The maximum atomic E-state index is 14.1. The Bertz CT molecular complexity index is 1460. The number of alkyl carbamates (subject to hydrolysis) is 1. The molecule has 1 saturated heterocycles. The van der Waals surface area contributed by atoms with Crippen molar-refractivity contribution in [1.82, 2.24) is 25.0 Å². The van der Waals surface area contributed by atoms with Gasteiger partial charge >= 0.3 is 17.9 Å². The summed E-state index contributed by atoms with van der Waals surface area (Å²) in [6.45, 7) is 6.94. The summed E-state index contributed by atoms with van der Waals surface area (Å²) in [5, 5.41) is 18.6. The van der Waals surface area contributed by atoms with Gasteiger partial charge in [0.15, 0.2) is 11.6 Å². The highest BCUT2D eigenvalue weighted by atomic mass is 19.1. The lowest BCUT2D eigenvalue weighted by Crippen LogP contribution is -2.50. The average Bonchev–Trinajstić information content (AvgIpc) is 3.46. The summed E-state index contributed by atoms with van der Waals surface area (Å²) in [4.78, 5) is 44.2. The van der Waals surface area contributed by atoms with Gasteiger partial charge in [0.05, 0.1) is 11.1 Å². The van der Waals surface area contributed by atoms with Crippen molar-refractivity contribution < 1.29 is 23.5 Å². The van der Waals surface area contributed by atoms with E-state index in [4.69, 9.17) is 10.00 Å². The van der Waals surface area contributed by atoms with E-state index in [-0.39, 0.29) is 25.3 Å². The van der Waals surface area contributed by atoms with Gasteiger partial charge in [0, 0.05) is 31.0 Å². The molecule has 0 bridgehead atoms. The van der Waals surface area contributed by atoms with Crippen LogP contribution in [0.25, 0.3) is 5.82 Å². The maximum Gasteiger partial charge on any atom is 0.408 e. The summed E-state index contributed by atoms with van der Waals surface area (Å²) in [6.07, 6.45) is 2.55. The highest BCUT2D eigenvalue weighted by Gasteiger charge is 2.45. The van der Waals surface area contributed by atoms with E-state index in [1.165, 1.54) is 34.0 Å². The molecule has 0 aliphatic carbocycles. The number of nitriles is 1. The number of ether oxygens (including phenoxy) is 1. The monoisotopic (exact) mass is 533 g/mol. The number of amides is 3. The molecule has 39 heavy (non-hydrogen) atoms. The Hall–Kier alpha value is -4.79. The standard InChI is InChI=1S/C27H28FN7O4/c1-17-15-35(21-9-8-18(13-29)14-30-21)33-22(17)31-23(36)24(37)34-11-10-27(16-34,19-6-5-7-20(28)12-19)32-25(38)39-26(2,3)4/h5-9,12,14-15H,10-11,16H2,1-4H3,(H,32,38)(H,31,33,36). The van der Waals surface area contributed by atoms with Crippen molar-refractivity contribution >= 4 is 23.7 Å². The highest BCUT2D eigenvalue weighted by molar-refractivity contribution is 6.39. The average molecular weight is 534 g/mol. The van der Waals surface area contributed by atoms with Gasteiger partial charge in [0.25, 0.3) is 0 Å². The number of aromatic nitrogens is 3. The second-order valence-corrected chi connectivity index (χ2v) is 10.3. The Kier molecular flexibility index (Phi) is 7.36. The Morgan fingerprint density at radius 2 is 1.97 bits per heavy atom. The number of aryl methyl sites for hydroxylation is 1. The van der Waals surface area contributed by atoms with Crippen LogP contribution >= 0.6 is 0 Å². The lowest BCUT2D eigenvalue weighted by molar-refractivity contribution is -0.142. The smallest absolute Gasteiger partial charge is 0.408 e. The number of anilines is 1. The van der Waals surface area contributed by atoms with Gasteiger partial charge in [-0.05, 0) is 63.9 Å². The number of hydrogen-bond donors (Lipinski definition) is 2. The third-order valence-electron chi connectivity index (χ3n) is 6.11. The molecule has 11 nitrogen and oxygen atoms in total. The number of carbonyl (C=O) groups is 3. The quantitative estimate of drug-likeness (QED) is 0.491. The number of hydrogen-bond acceptors (Lipinski definition) is 7. The van der Waals surface area contributed by atoms with Gasteiger partial charge in [-0.2, -0.15) is 5.26 Å². The normalized spacial score (nSPS) is 16.9. The molecular formula is C27H28FN7O4. The first kappa shape index (κ1) is 27.3. The van der Waals surface area contributed by atoms with Crippen molar-refractivity contribution in [2.24, 2.45) is 0 Å². The maximum absolute atomic E-state index is 14.1. The first-order valence-corrected chi connectivity index (χ1v) is 12.2. The van der Waals surface area contributed by atoms with Crippen LogP contribution in [0.2, 0.25) is 0 Å². The van der Waals surface area contributed by atoms with Gasteiger partial charge in [-0.15, -0.1) is 5.10 Å². The van der Waals surface area contributed by atoms with E-state index in [0.717, 1.165) is 0 Å². The van der Waals surface area contributed by atoms with Crippen molar-refractivity contribution in [3.63, 3.8) is 0 Å². The van der Waals surface area contributed by atoms with Crippen LogP contribution in [-0.4, -0.2) is 56.3 Å². The topological polar surface area (TPSA) is 142 Å². The second kappa shape index (κ2) is 10.5. The third-order valence-corrected chi connectivity index (χ3v) is 6.11. The summed E-state index contributed by atoms with van der Waals surface area (Å²) in [5.41, 5.74) is -0.490. The number of benzene rings is 1. The van der Waals surface area contributed by atoms with Crippen LogP contribution in [0.4, 0.5) is 15.0 Å². The van der Waals surface area contributed by atoms with Gasteiger partial charge in [0.2, 0.25) is 0 Å². The van der Waals surface area contributed by atoms with Crippen LogP contribution in [0.5, 0.6) is 0 Å². The zero-order valence-corrected chi connectivity index (χ0v) is 22.0. The van der Waals surface area contributed by atoms with E-state index in [2.05, 4.69) is 20.7 Å². The van der Waals surface area contributed by atoms with Crippen LogP contribution in [0, 0.1) is 24.1 Å². The molecule has 1 fully saturated rings. The fourth-order valence-electron chi connectivity index (χ4n) is 4.27. The second-order valence-electron chi connectivity index (χ2n) is 10.3. The van der Waals surface area contributed by atoms with Gasteiger partial charge < -0.3 is 20.3 Å². The molecule has 1 aliphatic rings. The lowest BCUT2D eigenvalue weighted by atomic mass is 9.89. The first-order chi connectivity index (χ1) is 18.4. The van der Waals surface area contributed by atoms with Crippen LogP contribution in [-0.2, 0) is 19.9 Å². The van der Waals surface area contributed by atoms with Crippen LogP contribution in [0.15, 0.2) is 48.8 Å². The van der Waals surface area contributed by atoms with Crippen LogP contribution < -0.4 is 10.6 Å². The molecule has 202 valence electrons. The molecule has 3 amide bonds. The van der Waals surface area contributed by atoms with Crippen molar-refractivity contribution in [2.75, 3.05) is 18.4 Å². The molecule has 0 spiro atoms. The summed E-state index contributed by atoms with van der Waals surface area (Å²) >= 11 is 0. The minimum Gasteiger partial charge on any atom is -0.444 e. The zero-order chi connectivity index (χ0) is 28.4. The van der Waals surface area contributed by atoms with Crippen LogP contribution in [0.3, 0.4) is 0 Å². The molecular weight excluding hydrogens is 505 g/mol. The molecule has 1 aromatic carbocycles. The van der Waals surface area contributed by atoms with Crippen molar-refractivity contribution in [3.05, 3.63) is 71.3 Å². The molecule has 0 saturated carbocycles. The van der Waals surface area contributed by atoms with Crippen LogP contribution in [0.1, 0.15) is 43.9 Å². The Labute approximate surface area is 224 Å². The fraction of sp³-hybridized carbons (Fsp3) is 0.333. The molecule has 3 aromatic rings. The van der Waals surface area contributed by atoms with E-state index >= 15 is 0 Å². The van der Waals surface area contributed by atoms with E-state index in [1.807, 2.05) is 6.07 Å². The van der Waals surface area contributed by atoms with Gasteiger partial charge in [-0.1, -0.05) is 12.1 Å². The van der Waals surface area contributed by atoms with Gasteiger partial charge in [0.1, 0.15) is 17.5 Å². The lowest BCUT2D eigenvalue weighted by Gasteiger charge is -2.32. The van der Waals surface area contributed by atoms with E-state index in [0.29, 0.717) is 22.5 Å². The predicted octanol–water partition coefficient (Wildman–Crippen LogP) is 3.18. The molecule has 2 N–H and O–H groups in total. The fourth-order valence-corrected chi connectivity index (χ4v) is 4.27. The van der Waals surface area contributed by atoms with Crippen molar-refractivity contribution in [1.29, 1.82) is 5.26 Å². The summed E-state index contributed by atoms with van der Waals surface area (Å²) in [6, 6.07) is 10.9. The number of halogens is 1. The van der Waals surface area contributed by atoms with Gasteiger partial charge in [-0.3, -0.25) is 9.59 Å². The molecule has 2 aromatic heterocycles. The summed E-state index contributed by atoms with van der Waals surface area (Å²) in [7, 11) is 0. The minimum absolute atomic E-state index is 0.0649. The highest BCUT2D eigenvalue weighted by Crippen LogP contribution is 2.33. The van der Waals surface area contributed by atoms with Gasteiger partial charge in [-0.25, -0.2) is 18.9 Å². The molecule has 3 heterocycles. The molecule has 1 atom stereocenters. The summed E-state index contributed by atoms with van der Waals surface area (Å²) in [5.74, 6) is -1.64. The minimum atomic E-state index is -1.15. The number of pyridine rings is 1. The number of rotatable bonds is 4. The zero-order valence-electron chi connectivity index (χ0n) is 22.0. The van der Waals surface area contributed by atoms with Crippen molar-refractivity contribution in [2.45, 2.75) is 45.3 Å². The first-order valence-electron chi connectivity index (χ1n) is 12.2. The Morgan fingerprint density at radius 3 is 2.62 bits per heavy atom. The SMILES string of the molecule is Cc1cn(-c2ccc(C#N)cn2)nc1NC(=O)C(=O)N1CCC(NC(=O)OC(C)(C)C)(c2cccc(F)c2)C1. The number of carbonyl (C=O) groups excluding carboxylic acids is 3.